The highest BCUT2D eigenvalue weighted by Crippen LogP contribution is 2.27. The van der Waals surface area contributed by atoms with Gasteiger partial charge in [0.05, 0.1) is 5.69 Å². The molecule has 0 aliphatic heterocycles. The van der Waals surface area contributed by atoms with Crippen molar-refractivity contribution in [1.29, 1.82) is 0 Å². The van der Waals surface area contributed by atoms with Crippen molar-refractivity contribution in [3.8, 4) is 0 Å². The molecule has 0 aliphatic rings. The van der Waals surface area contributed by atoms with Crippen molar-refractivity contribution in [3.63, 3.8) is 0 Å². The van der Waals surface area contributed by atoms with Gasteiger partial charge in [-0.15, -0.1) is 11.8 Å². The van der Waals surface area contributed by atoms with E-state index in [9.17, 15) is 0 Å². The summed E-state index contributed by atoms with van der Waals surface area (Å²) in [6.07, 6.45) is 2.85. The number of nitrogens with zero attached hydrogens (tertiary/aromatic N) is 2. The number of hydrazine groups is 1. The Bertz CT molecular complexity index is 570. The molecule has 0 fully saturated rings. The molecule has 0 bridgehead atoms. The first-order valence-electron chi connectivity index (χ1n) is 6.97. The lowest BCUT2D eigenvalue weighted by Crippen LogP contribution is -2.38. The minimum atomic E-state index is 0.192. The molecule has 2 rings (SSSR count). The van der Waals surface area contributed by atoms with Gasteiger partial charge in [0.2, 0.25) is 0 Å². The van der Waals surface area contributed by atoms with Crippen LogP contribution in [0, 0.1) is 0 Å². The smallest absolute Gasteiger partial charge is 0.0641 e. The third-order valence-electron chi connectivity index (χ3n) is 3.16. The van der Waals surface area contributed by atoms with E-state index in [1.807, 2.05) is 23.0 Å². The van der Waals surface area contributed by atoms with Crippen LogP contribution < -0.4 is 11.3 Å². The van der Waals surface area contributed by atoms with E-state index in [2.05, 4.69) is 58.5 Å². The van der Waals surface area contributed by atoms with Gasteiger partial charge in [-0.05, 0) is 48.0 Å². The highest BCUT2D eigenvalue weighted by molar-refractivity contribution is 9.10. The zero-order valence-corrected chi connectivity index (χ0v) is 14.7. The number of nitrogens with one attached hydrogen (secondary N) is 1. The maximum Gasteiger partial charge on any atom is 0.0641 e. The van der Waals surface area contributed by atoms with Gasteiger partial charge in [0.15, 0.2) is 0 Å². The Balaban J connectivity index is 1.92. The fourth-order valence-corrected chi connectivity index (χ4v) is 3.55. The molecular weight excluding hydrogens is 348 g/mol. The Morgan fingerprint density at radius 1 is 1.33 bits per heavy atom. The topological polar surface area (TPSA) is 55.9 Å². The first-order chi connectivity index (χ1) is 10.1. The molecule has 6 heteroatoms. The number of thioether (sulfide) groups is 1. The average Bonchev–Trinajstić information content (AvgIpc) is 2.93. The maximum atomic E-state index is 5.68. The van der Waals surface area contributed by atoms with E-state index in [1.54, 1.807) is 11.8 Å². The lowest BCUT2D eigenvalue weighted by molar-refractivity contribution is 0.513. The molecule has 0 saturated heterocycles. The van der Waals surface area contributed by atoms with Crippen LogP contribution in [0.3, 0.4) is 0 Å². The van der Waals surface area contributed by atoms with Gasteiger partial charge < -0.3 is 0 Å². The fourth-order valence-electron chi connectivity index (χ4n) is 1.94. The molecule has 2 aromatic rings. The number of benzene rings is 1. The van der Waals surface area contributed by atoms with Crippen molar-refractivity contribution in [1.82, 2.24) is 15.2 Å². The summed E-state index contributed by atoms with van der Waals surface area (Å²) in [7, 11) is 0. The van der Waals surface area contributed by atoms with E-state index >= 15 is 0 Å². The van der Waals surface area contributed by atoms with E-state index in [0.29, 0.717) is 6.04 Å². The second-order valence-corrected chi connectivity index (χ2v) is 7.11. The highest BCUT2D eigenvalue weighted by atomic mass is 79.9. The highest BCUT2D eigenvalue weighted by Gasteiger charge is 2.12. The van der Waals surface area contributed by atoms with Crippen molar-refractivity contribution in [2.24, 2.45) is 5.84 Å². The molecule has 0 radical (unpaired) electrons. The van der Waals surface area contributed by atoms with Gasteiger partial charge in [-0.1, -0.05) is 12.1 Å². The number of hydrogen-bond acceptors (Lipinski definition) is 4. The Morgan fingerprint density at radius 2 is 2.10 bits per heavy atom. The first kappa shape index (κ1) is 16.5. The summed E-state index contributed by atoms with van der Waals surface area (Å²) in [6, 6.07) is 10.9. The van der Waals surface area contributed by atoms with E-state index in [4.69, 9.17) is 5.84 Å². The Morgan fingerprint density at radius 3 is 2.71 bits per heavy atom. The Labute approximate surface area is 138 Å². The predicted octanol–water partition coefficient (Wildman–Crippen LogP) is 3.39. The van der Waals surface area contributed by atoms with E-state index in [-0.39, 0.29) is 6.04 Å². The average molecular weight is 369 g/mol. The van der Waals surface area contributed by atoms with Crippen LogP contribution in [-0.2, 0) is 6.42 Å². The summed E-state index contributed by atoms with van der Waals surface area (Å²) < 4.78 is 3.10. The van der Waals surface area contributed by atoms with Crippen molar-refractivity contribution in [3.05, 3.63) is 46.7 Å². The number of aromatic nitrogens is 2. The van der Waals surface area contributed by atoms with Crippen LogP contribution in [0.25, 0.3) is 0 Å². The summed E-state index contributed by atoms with van der Waals surface area (Å²) in [5, 5.41) is 4.57. The van der Waals surface area contributed by atoms with Crippen LogP contribution >= 0.6 is 27.7 Å². The lowest BCUT2D eigenvalue weighted by atomic mass is 10.2. The second-order valence-electron chi connectivity index (χ2n) is 5.19. The maximum absolute atomic E-state index is 5.68. The summed E-state index contributed by atoms with van der Waals surface area (Å²) in [4.78, 5) is 1.23. The standard InChI is InChI=1S/C15H21BrN4S/c1-11(2)20-8-7-12(19-20)9-13(18-17)10-21-15-6-4-3-5-14(15)16/h3-8,11,13,18H,9-10,17H2,1-2H3. The molecule has 1 unspecified atom stereocenters. The SMILES string of the molecule is CC(C)n1ccc(CC(CSc2ccccc2Br)NN)n1. The fraction of sp³-hybridized carbons (Fsp3) is 0.400. The largest absolute Gasteiger partial charge is 0.271 e. The van der Waals surface area contributed by atoms with E-state index < -0.39 is 0 Å². The van der Waals surface area contributed by atoms with Crippen LogP contribution in [0.1, 0.15) is 25.6 Å². The molecule has 3 N–H and O–H groups in total. The number of halogens is 1. The molecule has 114 valence electrons. The van der Waals surface area contributed by atoms with Gasteiger partial charge in [-0.25, -0.2) is 0 Å². The molecule has 0 amide bonds. The summed E-state index contributed by atoms with van der Waals surface area (Å²) in [5.74, 6) is 6.58. The molecule has 0 spiro atoms. The molecule has 1 aromatic carbocycles. The lowest BCUT2D eigenvalue weighted by Gasteiger charge is -2.14. The van der Waals surface area contributed by atoms with E-state index in [1.165, 1.54) is 4.90 Å². The van der Waals surface area contributed by atoms with Crippen LogP contribution in [0.15, 0.2) is 45.9 Å². The quantitative estimate of drug-likeness (QED) is 0.446. The monoisotopic (exact) mass is 368 g/mol. The summed E-state index contributed by atoms with van der Waals surface area (Å²) in [5.41, 5.74) is 3.96. The third kappa shape index (κ3) is 4.85. The van der Waals surface area contributed by atoms with Gasteiger partial charge in [0, 0.05) is 39.8 Å². The van der Waals surface area contributed by atoms with Gasteiger partial charge in [-0.3, -0.25) is 16.0 Å². The molecular formula is C15H21BrN4S. The molecule has 0 saturated carbocycles. The third-order valence-corrected chi connectivity index (χ3v) is 5.35. The molecule has 1 heterocycles. The molecule has 4 nitrogen and oxygen atoms in total. The first-order valence-corrected chi connectivity index (χ1v) is 8.75. The molecule has 21 heavy (non-hydrogen) atoms. The Hall–Kier alpha value is -0.820. The predicted molar refractivity (Wildman–Crippen MR) is 92.3 cm³/mol. The van der Waals surface area contributed by atoms with Gasteiger partial charge in [-0.2, -0.15) is 5.10 Å². The van der Waals surface area contributed by atoms with Gasteiger partial charge >= 0.3 is 0 Å². The van der Waals surface area contributed by atoms with Crippen LogP contribution in [0.4, 0.5) is 0 Å². The summed E-state index contributed by atoms with van der Waals surface area (Å²) in [6.45, 7) is 4.25. The number of rotatable bonds is 7. The zero-order valence-electron chi connectivity index (χ0n) is 12.3. The van der Waals surface area contributed by atoms with Gasteiger partial charge in [0.1, 0.15) is 0 Å². The van der Waals surface area contributed by atoms with Crippen molar-refractivity contribution in [2.45, 2.75) is 37.2 Å². The van der Waals surface area contributed by atoms with Gasteiger partial charge in [0.25, 0.3) is 0 Å². The van der Waals surface area contributed by atoms with Crippen molar-refractivity contribution < 1.29 is 0 Å². The zero-order chi connectivity index (χ0) is 15.2. The van der Waals surface area contributed by atoms with Crippen molar-refractivity contribution in [2.75, 3.05) is 5.75 Å². The van der Waals surface area contributed by atoms with Crippen LogP contribution in [0.5, 0.6) is 0 Å². The Kier molecular flexibility index (Phi) is 6.29. The molecule has 1 aromatic heterocycles. The van der Waals surface area contributed by atoms with Crippen LogP contribution in [-0.4, -0.2) is 21.6 Å². The summed E-state index contributed by atoms with van der Waals surface area (Å²) >= 11 is 5.35. The normalized spacial score (nSPS) is 12.8. The number of nitrogens with two attached hydrogens (primary N) is 1. The van der Waals surface area contributed by atoms with Crippen molar-refractivity contribution >= 4 is 27.7 Å². The second kappa shape index (κ2) is 7.98. The minimum Gasteiger partial charge on any atom is -0.271 e. The molecule has 0 aliphatic carbocycles. The van der Waals surface area contributed by atoms with Crippen LogP contribution in [0.2, 0.25) is 0 Å². The van der Waals surface area contributed by atoms with E-state index in [0.717, 1.165) is 22.3 Å². The minimum absolute atomic E-state index is 0.192. The number of hydrogen-bond donors (Lipinski definition) is 2. The molecule has 1 atom stereocenters.